The molecule has 0 fully saturated rings. The predicted octanol–water partition coefficient (Wildman–Crippen LogP) is 1.20. The lowest BCUT2D eigenvalue weighted by Gasteiger charge is -2.12. The Morgan fingerprint density at radius 3 is 2.79 bits per heavy atom. The van der Waals surface area contributed by atoms with Gasteiger partial charge in [-0.3, -0.25) is 4.72 Å². The van der Waals surface area contributed by atoms with E-state index >= 15 is 0 Å². The molecule has 19 heavy (non-hydrogen) atoms. The second-order valence-corrected chi connectivity index (χ2v) is 6.09. The third kappa shape index (κ3) is 4.69. The molecular formula is C10H15BrN4O3S. The monoisotopic (exact) mass is 350 g/mol. The van der Waals surface area contributed by atoms with Crippen molar-refractivity contribution in [3.05, 3.63) is 28.2 Å². The molecule has 0 saturated carbocycles. The second kappa shape index (κ2) is 6.73. The maximum atomic E-state index is 11.7. The van der Waals surface area contributed by atoms with E-state index in [9.17, 15) is 8.42 Å². The fourth-order valence-corrected chi connectivity index (χ4v) is 2.66. The van der Waals surface area contributed by atoms with Crippen LogP contribution >= 0.6 is 15.9 Å². The van der Waals surface area contributed by atoms with Crippen molar-refractivity contribution in [3.63, 3.8) is 0 Å². The van der Waals surface area contributed by atoms with Gasteiger partial charge in [-0.2, -0.15) is 13.1 Å². The minimum Gasteiger partial charge on any atom is -0.409 e. The number of oxime groups is 1. The molecule has 0 radical (unpaired) electrons. The Labute approximate surface area is 120 Å². The highest BCUT2D eigenvalue weighted by Gasteiger charge is 2.14. The topological polar surface area (TPSA) is 117 Å². The zero-order valence-corrected chi connectivity index (χ0v) is 12.6. The zero-order chi connectivity index (χ0) is 14.5. The second-order valence-electron chi connectivity index (χ2n) is 3.67. The van der Waals surface area contributed by atoms with Gasteiger partial charge in [0.1, 0.15) is 0 Å². The summed E-state index contributed by atoms with van der Waals surface area (Å²) in [4.78, 5) is 0. The molecule has 0 saturated heterocycles. The van der Waals surface area contributed by atoms with Gasteiger partial charge < -0.3 is 10.9 Å². The van der Waals surface area contributed by atoms with Crippen molar-refractivity contribution in [3.8, 4) is 0 Å². The largest absolute Gasteiger partial charge is 0.409 e. The number of nitrogens with zero attached hydrogens (tertiary/aromatic N) is 1. The molecule has 106 valence electrons. The van der Waals surface area contributed by atoms with Crippen molar-refractivity contribution >= 4 is 37.7 Å². The third-order valence-electron chi connectivity index (χ3n) is 2.15. The quantitative estimate of drug-likeness (QED) is 0.267. The Morgan fingerprint density at radius 1 is 1.53 bits per heavy atom. The summed E-state index contributed by atoms with van der Waals surface area (Å²) >= 11 is 3.23. The summed E-state index contributed by atoms with van der Waals surface area (Å²) in [6.45, 7) is 2.18. The first-order chi connectivity index (χ1) is 8.89. The van der Waals surface area contributed by atoms with E-state index in [1.807, 2.05) is 6.92 Å². The Morgan fingerprint density at radius 2 is 2.21 bits per heavy atom. The van der Waals surface area contributed by atoms with E-state index in [2.05, 4.69) is 30.5 Å². The van der Waals surface area contributed by atoms with Crippen LogP contribution in [0, 0.1) is 0 Å². The van der Waals surface area contributed by atoms with Crippen LogP contribution in [0.3, 0.4) is 0 Å². The molecular weight excluding hydrogens is 336 g/mol. The van der Waals surface area contributed by atoms with Crippen molar-refractivity contribution in [1.82, 2.24) is 4.72 Å². The number of hydrogen-bond acceptors (Lipinski definition) is 4. The molecule has 5 N–H and O–H groups in total. The molecule has 0 bridgehead atoms. The lowest BCUT2D eigenvalue weighted by molar-refractivity contribution is 0.318. The van der Waals surface area contributed by atoms with Gasteiger partial charge in [-0.05, 0) is 24.6 Å². The number of nitrogens with one attached hydrogen (secondary N) is 2. The van der Waals surface area contributed by atoms with E-state index in [1.54, 1.807) is 12.1 Å². The van der Waals surface area contributed by atoms with Crippen LogP contribution < -0.4 is 15.2 Å². The number of nitrogens with two attached hydrogens (primary N) is 1. The highest BCUT2D eigenvalue weighted by Crippen LogP contribution is 2.21. The molecule has 7 nitrogen and oxygen atoms in total. The highest BCUT2D eigenvalue weighted by molar-refractivity contribution is 9.10. The van der Waals surface area contributed by atoms with Crippen LogP contribution in [0.25, 0.3) is 0 Å². The molecule has 0 amide bonds. The van der Waals surface area contributed by atoms with Crippen LogP contribution in [0.15, 0.2) is 27.8 Å². The van der Waals surface area contributed by atoms with Gasteiger partial charge in [-0.1, -0.05) is 28.0 Å². The molecule has 1 rings (SSSR count). The lowest BCUT2D eigenvalue weighted by atomic mass is 10.2. The molecule has 0 heterocycles. The van der Waals surface area contributed by atoms with Crippen LogP contribution in [-0.2, 0) is 10.2 Å². The molecule has 9 heteroatoms. The summed E-state index contributed by atoms with van der Waals surface area (Å²) in [5, 5.41) is 11.6. The molecule has 0 aliphatic rings. The van der Waals surface area contributed by atoms with Crippen molar-refractivity contribution in [1.29, 1.82) is 0 Å². The Kier molecular flexibility index (Phi) is 5.58. The summed E-state index contributed by atoms with van der Waals surface area (Å²) in [5.74, 6) is -0.186. The van der Waals surface area contributed by atoms with E-state index in [1.165, 1.54) is 6.07 Å². The number of amidine groups is 1. The van der Waals surface area contributed by atoms with Gasteiger partial charge in [-0.15, -0.1) is 0 Å². The van der Waals surface area contributed by atoms with Crippen molar-refractivity contribution in [2.75, 3.05) is 11.3 Å². The average Bonchev–Trinajstić information content (AvgIpc) is 2.37. The first-order valence-electron chi connectivity index (χ1n) is 5.44. The maximum Gasteiger partial charge on any atom is 0.299 e. The molecule has 0 unspecified atom stereocenters. The van der Waals surface area contributed by atoms with Gasteiger partial charge in [0.05, 0.1) is 5.69 Å². The summed E-state index contributed by atoms with van der Waals surface area (Å²) in [7, 11) is -3.68. The predicted molar refractivity (Wildman–Crippen MR) is 77.5 cm³/mol. The summed E-state index contributed by atoms with van der Waals surface area (Å²) in [6, 6.07) is 4.71. The molecule has 0 aromatic heterocycles. The van der Waals surface area contributed by atoms with E-state index < -0.39 is 10.2 Å². The van der Waals surface area contributed by atoms with Crippen molar-refractivity contribution in [2.24, 2.45) is 10.9 Å². The molecule has 1 aromatic carbocycles. The Bertz CT molecular complexity index is 574. The van der Waals surface area contributed by atoms with E-state index in [-0.39, 0.29) is 17.1 Å². The van der Waals surface area contributed by atoms with Crippen LogP contribution in [0.4, 0.5) is 5.69 Å². The molecule has 0 atom stereocenters. The first kappa shape index (κ1) is 15.7. The highest BCUT2D eigenvalue weighted by atomic mass is 79.9. The van der Waals surface area contributed by atoms with Crippen LogP contribution in [0.5, 0.6) is 0 Å². The number of benzene rings is 1. The summed E-state index contributed by atoms with van der Waals surface area (Å²) < 4.78 is 28.8. The third-order valence-corrected chi connectivity index (χ3v) is 3.72. The van der Waals surface area contributed by atoms with Crippen LogP contribution in [-0.4, -0.2) is 26.0 Å². The minimum absolute atomic E-state index is 0.186. The van der Waals surface area contributed by atoms with Gasteiger partial charge in [0.15, 0.2) is 5.84 Å². The minimum atomic E-state index is -3.68. The number of halogens is 1. The standard InChI is InChI=1S/C10H15BrN4O3S/c1-2-5-13-19(17,18)15-9-4-3-7(11)6-8(9)10(12)14-16/h3-4,6,13,15-16H,2,5H2,1H3,(H2,12,14). The van der Waals surface area contributed by atoms with Crippen molar-refractivity contribution in [2.45, 2.75) is 13.3 Å². The van der Waals surface area contributed by atoms with Gasteiger partial charge in [-0.25, -0.2) is 0 Å². The maximum absolute atomic E-state index is 11.7. The van der Waals surface area contributed by atoms with E-state index in [4.69, 9.17) is 10.9 Å². The number of rotatable bonds is 6. The normalized spacial score (nSPS) is 12.4. The van der Waals surface area contributed by atoms with Gasteiger partial charge >= 0.3 is 0 Å². The molecule has 0 aliphatic heterocycles. The smallest absolute Gasteiger partial charge is 0.299 e. The van der Waals surface area contributed by atoms with E-state index in [0.717, 1.165) is 0 Å². The first-order valence-corrected chi connectivity index (χ1v) is 7.72. The fourth-order valence-electron chi connectivity index (χ4n) is 1.29. The summed E-state index contributed by atoms with van der Waals surface area (Å²) in [6.07, 6.45) is 0.675. The zero-order valence-electron chi connectivity index (χ0n) is 10.2. The average molecular weight is 351 g/mol. The summed E-state index contributed by atoms with van der Waals surface area (Å²) in [5.41, 5.74) is 6.01. The van der Waals surface area contributed by atoms with Gasteiger partial charge in [0, 0.05) is 16.6 Å². The van der Waals surface area contributed by atoms with Gasteiger partial charge in [0.25, 0.3) is 10.2 Å². The van der Waals surface area contributed by atoms with Crippen LogP contribution in [0.2, 0.25) is 0 Å². The number of hydrogen-bond donors (Lipinski definition) is 4. The Hall–Kier alpha value is -1.32. The van der Waals surface area contributed by atoms with Crippen molar-refractivity contribution < 1.29 is 13.6 Å². The number of anilines is 1. The molecule has 0 spiro atoms. The Balaban J connectivity index is 3.08. The fraction of sp³-hybridized carbons (Fsp3) is 0.300. The van der Waals surface area contributed by atoms with Gasteiger partial charge in [0.2, 0.25) is 0 Å². The lowest BCUT2D eigenvalue weighted by Crippen LogP contribution is -2.31. The SMILES string of the molecule is CCCNS(=O)(=O)Nc1ccc(Br)cc1/C(N)=N/O. The molecule has 0 aliphatic carbocycles. The van der Waals surface area contributed by atoms with Crippen LogP contribution in [0.1, 0.15) is 18.9 Å². The molecule has 1 aromatic rings. The van der Waals surface area contributed by atoms with E-state index in [0.29, 0.717) is 17.4 Å².